The van der Waals surface area contributed by atoms with Gasteiger partial charge in [0.2, 0.25) is 6.61 Å². The van der Waals surface area contributed by atoms with Crippen LogP contribution in [0.25, 0.3) is 0 Å². The van der Waals surface area contributed by atoms with Gasteiger partial charge in [0.1, 0.15) is 12.5 Å². The number of rotatable bonds is 1. The van der Waals surface area contributed by atoms with Crippen molar-refractivity contribution in [3.63, 3.8) is 0 Å². The highest BCUT2D eigenvalue weighted by atomic mass is 16.5. The van der Waals surface area contributed by atoms with Crippen LogP contribution in [0.15, 0.2) is 0 Å². The Hall–Kier alpha value is -0.250. The van der Waals surface area contributed by atoms with Crippen LogP contribution in [0.1, 0.15) is 6.42 Å². The van der Waals surface area contributed by atoms with E-state index in [1.807, 2.05) is 0 Å². The highest BCUT2D eigenvalue weighted by molar-refractivity contribution is 4.79. The van der Waals surface area contributed by atoms with Gasteiger partial charge in [-0.15, -0.1) is 0 Å². The van der Waals surface area contributed by atoms with E-state index in [-0.39, 0.29) is 12.7 Å². The zero-order chi connectivity index (χ0) is 5.98. The lowest BCUT2D eigenvalue weighted by atomic mass is 10.2. The minimum absolute atomic E-state index is 0.0995. The van der Waals surface area contributed by atoms with Crippen molar-refractivity contribution in [1.29, 1.82) is 0 Å². The normalized spacial score (nSPS) is 37.2. The number of hydrogen-bond acceptors (Lipinski definition) is 3. The summed E-state index contributed by atoms with van der Waals surface area (Å²) in [7, 11) is 0. The summed E-state index contributed by atoms with van der Waals surface area (Å²) in [6.07, 6.45) is -0.347. The molecule has 8 heavy (non-hydrogen) atoms. The van der Waals surface area contributed by atoms with Crippen LogP contribution in [-0.4, -0.2) is 29.0 Å². The van der Waals surface area contributed by atoms with Gasteiger partial charge in [-0.25, -0.2) is 0 Å². The number of aliphatic hydroxyl groups is 2. The second-order valence-corrected chi connectivity index (χ2v) is 1.83. The Balaban J connectivity index is 2.30. The lowest BCUT2D eigenvalue weighted by Crippen LogP contribution is -2.24. The standard InChI is InChI=1S/C5H9O3/c6-3-5-4(7)1-2-8-5/h2,4-7H,1,3H2/q+1/t4?,5-/m1/s1. The van der Waals surface area contributed by atoms with Crippen LogP contribution in [0.3, 0.4) is 0 Å². The molecule has 2 atom stereocenters. The highest BCUT2D eigenvalue weighted by Crippen LogP contribution is 2.15. The molecule has 46 valence electrons. The second-order valence-electron chi connectivity index (χ2n) is 1.83. The molecular formula is C5H9O3+. The molecule has 1 aliphatic rings. The highest BCUT2D eigenvalue weighted by Gasteiger charge is 2.33. The SMILES string of the molecule is OC[C@H]1O[CH+]CC1O. The molecule has 0 radical (unpaired) electrons. The summed E-state index contributed by atoms with van der Waals surface area (Å²) >= 11 is 0. The van der Waals surface area contributed by atoms with E-state index in [4.69, 9.17) is 14.9 Å². The Morgan fingerprint density at radius 1 is 1.75 bits per heavy atom. The van der Waals surface area contributed by atoms with Crippen LogP contribution in [0.4, 0.5) is 0 Å². The summed E-state index contributed by atoms with van der Waals surface area (Å²) in [5.41, 5.74) is 0. The molecule has 3 heteroatoms. The monoisotopic (exact) mass is 117 g/mol. The quantitative estimate of drug-likeness (QED) is 0.446. The molecule has 0 aromatic rings. The maximum absolute atomic E-state index is 8.87. The fraction of sp³-hybridized carbons (Fsp3) is 0.800. The van der Waals surface area contributed by atoms with Gasteiger partial charge in [-0.3, -0.25) is 0 Å². The van der Waals surface area contributed by atoms with E-state index in [1.165, 1.54) is 6.61 Å². The Morgan fingerprint density at radius 3 is 2.75 bits per heavy atom. The number of aliphatic hydroxyl groups excluding tert-OH is 2. The lowest BCUT2D eigenvalue weighted by Gasteiger charge is -2.01. The molecule has 2 N–H and O–H groups in total. The van der Waals surface area contributed by atoms with Gasteiger partial charge >= 0.3 is 0 Å². The van der Waals surface area contributed by atoms with Crippen LogP contribution < -0.4 is 0 Å². The van der Waals surface area contributed by atoms with Crippen LogP contribution in [-0.2, 0) is 4.74 Å². The molecule has 0 amide bonds. The van der Waals surface area contributed by atoms with Crippen molar-refractivity contribution in [2.75, 3.05) is 6.61 Å². The van der Waals surface area contributed by atoms with Crippen molar-refractivity contribution in [2.24, 2.45) is 0 Å². The Morgan fingerprint density at radius 2 is 2.50 bits per heavy atom. The molecular weight excluding hydrogens is 108 g/mol. The van der Waals surface area contributed by atoms with Crippen molar-refractivity contribution in [3.8, 4) is 0 Å². The van der Waals surface area contributed by atoms with E-state index in [0.717, 1.165) is 0 Å². The third-order valence-corrected chi connectivity index (χ3v) is 1.22. The van der Waals surface area contributed by atoms with E-state index in [2.05, 4.69) is 0 Å². The first-order valence-corrected chi connectivity index (χ1v) is 2.60. The van der Waals surface area contributed by atoms with Gasteiger partial charge in [-0.2, -0.15) is 4.74 Å². The zero-order valence-electron chi connectivity index (χ0n) is 4.45. The summed E-state index contributed by atoms with van der Waals surface area (Å²) in [4.78, 5) is 0. The van der Waals surface area contributed by atoms with Crippen LogP contribution in [0.2, 0.25) is 0 Å². The molecule has 0 saturated carbocycles. The van der Waals surface area contributed by atoms with Gasteiger partial charge in [0.15, 0.2) is 6.10 Å². The molecule has 1 saturated heterocycles. The predicted molar refractivity (Wildman–Crippen MR) is 26.9 cm³/mol. The Kier molecular flexibility index (Phi) is 1.73. The summed E-state index contributed by atoms with van der Waals surface area (Å²) in [6, 6.07) is 0. The molecule has 0 bridgehead atoms. The average Bonchev–Trinajstić information content (AvgIpc) is 2.14. The van der Waals surface area contributed by atoms with Crippen LogP contribution in [0, 0.1) is 6.61 Å². The van der Waals surface area contributed by atoms with E-state index in [0.29, 0.717) is 6.42 Å². The molecule has 1 heterocycles. The van der Waals surface area contributed by atoms with Gasteiger partial charge in [0.05, 0.1) is 6.61 Å². The largest absolute Gasteiger partial charge is 0.393 e. The Bertz CT molecular complexity index is 74.1. The molecule has 3 nitrogen and oxygen atoms in total. The predicted octanol–water partition coefficient (Wildman–Crippen LogP) is -0.710. The van der Waals surface area contributed by atoms with E-state index in [9.17, 15) is 0 Å². The van der Waals surface area contributed by atoms with Gasteiger partial charge in [0, 0.05) is 0 Å². The van der Waals surface area contributed by atoms with Crippen molar-refractivity contribution < 1.29 is 14.9 Å². The van der Waals surface area contributed by atoms with E-state index >= 15 is 0 Å². The average molecular weight is 117 g/mol. The maximum Gasteiger partial charge on any atom is 0.230 e. The molecule has 1 aliphatic heterocycles. The van der Waals surface area contributed by atoms with Gasteiger partial charge < -0.3 is 10.2 Å². The molecule has 1 fully saturated rings. The van der Waals surface area contributed by atoms with Gasteiger partial charge in [-0.1, -0.05) is 0 Å². The molecule has 1 rings (SSSR count). The van der Waals surface area contributed by atoms with Crippen molar-refractivity contribution in [1.82, 2.24) is 0 Å². The van der Waals surface area contributed by atoms with Crippen LogP contribution >= 0.6 is 0 Å². The minimum Gasteiger partial charge on any atom is -0.393 e. The second kappa shape index (κ2) is 2.35. The van der Waals surface area contributed by atoms with E-state index < -0.39 is 6.10 Å². The van der Waals surface area contributed by atoms with Crippen molar-refractivity contribution >= 4 is 0 Å². The number of ether oxygens (including phenoxy) is 1. The third-order valence-electron chi connectivity index (χ3n) is 1.22. The van der Waals surface area contributed by atoms with Crippen molar-refractivity contribution in [3.05, 3.63) is 6.61 Å². The summed E-state index contributed by atoms with van der Waals surface area (Å²) < 4.78 is 4.79. The van der Waals surface area contributed by atoms with Gasteiger partial charge in [0.25, 0.3) is 0 Å². The summed E-state index contributed by atoms with van der Waals surface area (Å²) in [5.74, 6) is 0. The van der Waals surface area contributed by atoms with E-state index in [1.54, 1.807) is 0 Å². The molecule has 0 aromatic carbocycles. The minimum atomic E-state index is -0.500. The molecule has 1 unspecified atom stereocenters. The molecule has 0 aliphatic carbocycles. The summed E-state index contributed by atoms with van der Waals surface area (Å²) in [5, 5.41) is 17.3. The number of hydrogen-bond donors (Lipinski definition) is 2. The summed E-state index contributed by atoms with van der Waals surface area (Å²) in [6.45, 7) is 1.42. The van der Waals surface area contributed by atoms with Crippen LogP contribution in [0.5, 0.6) is 0 Å². The smallest absolute Gasteiger partial charge is 0.230 e. The fourth-order valence-corrected chi connectivity index (χ4v) is 0.685. The lowest BCUT2D eigenvalue weighted by molar-refractivity contribution is 0.0169. The van der Waals surface area contributed by atoms with Crippen molar-refractivity contribution in [2.45, 2.75) is 18.6 Å². The Labute approximate surface area is 47.9 Å². The first-order chi connectivity index (χ1) is 3.84. The topological polar surface area (TPSA) is 49.7 Å². The van der Waals surface area contributed by atoms with Gasteiger partial charge in [-0.05, 0) is 0 Å². The zero-order valence-corrected chi connectivity index (χ0v) is 4.45. The maximum atomic E-state index is 8.87. The molecule has 0 spiro atoms. The third kappa shape index (κ3) is 0.940. The fourth-order valence-electron chi connectivity index (χ4n) is 0.685. The first kappa shape index (κ1) is 5.88. The molecule has 0 aromatic heterocycles. The first-order valence-electron chi connectivity index (χ1n) is 2.60.